The topological polar surface area (TPSA) is 45.8 Å². The van der Waals surface area contributed by atoms with Crippen molar-refractivity contribution in [2.24, 2.45) is 0 Å². The minimum Gasteiger partial charge on any atom is -0.345 e. The number of imidazole rings is 1. The molecular formula is C18H12Cl2N2O. The van der Waals surface area contributed by atoms with E-state index in [0.29, 0.717) is 32.6 Å². The lowest BCUT2D eigenvalue weighted by Gasteiger charge is -2.06. The number of hydrogen-bond acceptors (Lipinski definition) is 2. The highest BCUT2D eigenvalue weighted by Crippen LogP contribution is 2.26. The minimum atomic E-state index is -0.133. The van der Waals surface area contributed by atoms with Crippen LogP contribution in [-0.2, 0) is 0 Å². The van der Waals surface area contributed by atoms with Gasteiger partial charge in [0.05, 0.1) is 5.57 Å². The molecule has 0 bridgehead atoms. The Bertz CT molecular complexity index is 856. The van der Waals surface area contributed by atoms with Crippen molar-refractivity contribution < 1.29 is 4.79 Å². The second kappa shape index (κ2) is 6.82. The molecule has 114 valence electrons. The van der Waals surface area contributed by atoms with Crippen LogP contribution >= 0.6 is 23.2 Å². The normalized spacial score (nSPS) is 11.5. The van der Waals surface area contributed by atoms with E-state index in [2.05, 4.69) is 9.97 Å². The first kappa shape index (κ1) is 15.5. The molecule has 1 aromatic heterocycles. The highest BCUT2D eigenvalue weighted by molar-refractivity contribution is 6.37. The summed E-state index contributed by atoms with van der Waals surface area (Å²) in [6.45, 7) is 0. The fraction of sp³-hybridized carbons (Fsp3) is 0. The number of ketones is 1. The minimum absolute atomic E-state index is 0.133. The Balaban J connectivity index is 2.10. The van der Waals surface area contributed by atoms with E-state index in [1.54, 1.807) is 48.8 Å². The van der Waals surface area contributed by atoms with Crippen molar-refractivity contribution in [3.05, 3.63) is 87.9 Å². The first-order chi connectivity index (χ1) is 11.1. The van der Waals surface area contributed by atoms with Gasteiger partial charge >= 0.3 is 0 Å². The number of Topliss-reactive ketones (excluding diaryl/α,β-unsaturated/α-hetero) is 1. The summed E-state index contributed by atoms with van der Waals surface area (Å²) in [5.74, 6) is 0.358. The Hall–Kier alpha value is -2.36. The number of benzene rings is 2. The summed E-state index contributed by atoms with van der Waals surface area (Å²) < 4.78 is 0. The van der Waals surface area contributed by atoms with E-state index < -0.39 is 0 Å². The lowest BCUT2D eigenvalue weighted by molar-refractivity contribution is 0.105. The number of allylic oxidation sites excluding steroid dienone is 1. The average Bonchev–Trinajstić information content (AvgIpc) is 3.08. The molecule has 0 atom stereocenters. The molecule has 2 aromatic carbocycles. The van der Waals surface area contributed by atoms with Crippen LogP contribution in [0.1, 0.15) is 21.7 Å². The van der Waals surface area contributed by atoms with E-state index in [9.17, 15) is 4.79 Å². The number of H-pyrrole nitrogens is 1. The van der Waals surface area contributed by atoms with Crippen LogP contribution in [0, 0.1) is 0 Å². The molecule has 3 nitrogen and oxygen atoms in total. The van der Waals surface area contributed by atoms with Gasteiger partial charge in [-0.1, -0.05) is 59.6 Å². The maximum Gasteiger partial charge on any atom is 0.196 e. The number of nitrogens with one attached hydrogen (secondary N) is 1. The van der Waals surface area contributed by atoms with Gasteiger partial charge in [0.1, 0.15) is 5.82 Å². The number of aromatic nitrogens is 2. The molecule has 1 N–H and O–H groups in total. The smallest absolute Gasteiger partial charge is 0.196 e. The molecule has 0 aliphatic rings. The van der Waals surface area contributed by atoms with E-state index in [1.165, 1.54) is 0 Å². The lowest BCUT2D eigenvalue weighted by Crippen LogP contribution is -2.04. The maximum atomic E-state index is 12.8. The van der Waals surface area contributed by atoms with Crippen LogP contribution < -0.4 is 0 Å². The first-order valence-corrected chi connectivity index (χ1v) is 7.67. The number of carbonyl (C=O) groups is 1. The van der Waals surface area contributed by atoms with Crippen LogP contribution in [0.4, 0.5) is 0 Å². The molecule has 0 amide bonds. The zero-order valence-corrected chi connectivity index (χ0v) is 13.5. The second-order valence-corrected chi connectivity index (χ2v) is 5.70. The van der Waals surface area contributed by atoms with Crippen LogP contribution in [0.5, 0.6) is 0 Å². The van der Waals surface area contributed by atoms with E-state index in [4.69, 9.17) is 23.2 Å². The van der Waals surface area contributed by atoms with E-state index >= 15 is 0 Å². The largest absolute Gasteiger partial charge is 0.345 e. The zero-order valence-electron chi connectivity index (χ0n) is 12.0. The van der Waals surface area contributed by atoms with Gasteiger partial charge in [-0.2, -0.15) is 0 Å². The number of aromatic amines is 1. The molecule has 0 radical (unpaired) electrons. The van der Waals surface area contributed by atoms with Gasteiger partial charge in [0.15, 0.2) is 5.78 Å². The molecule has 0 saturated carbocycles. The molecule has 1 heterocycles. The van der Waals surface area contributed by atoms with Gasteiger partial charge in [-0.25, -0.2) is 4.98 Å². The van der Waals surface area contributed by atoms with Crippen LogP contribution in [0.2, 0.25) is 10.0 Å². The van der Waals surface area contributed by atoms with Gasteiger partial charge in [0, 0.05) is 28.0 Å². The maximum absolute atomic E-state index is 12.8. The Labute approximate surface area is 143 Å². The number of hydrogen-bond donors (Lipinski definition) is 1. The quantitative estimate of drug-likeness (QED) is 0.527. The number of carbonyl (C=O) groups excluding carboxylic acids is 1. The summed E-state index contributed by atoms with van der Waals surface area (Å²) in [4.78, 5) is 20.0. The van der Waals surface area contributed by atoms with E-state index in [0.717, 1.165) is 0 Å². The predicted molar refractivity (Wildman–Crippen MR) is 93.7 cm³/mol. The van der Waals surface area contributed by atoms with Crippen molar-refractivity contribution in [1.82, 2.24) is 9.97 Å². The lowest BCUT2D eigenvalue weighted by atomic mass is 10.0. The third kappa shape index (κ3) is 3.52. The summed E-state index contributed by atoms with van der Waals surface area (Å²) in [7, 11) is 0. The molecule has 23 heavy (non-hydrogen) atoms. The van der Waals surface area contributed by atoms with Crippen LogP contribution in [0.3, 0.4) is 0 Å². The average molecular weight is 343 g/mol. The predicted octanol–water partition coefficient (Wildman–Crippen LogP) is 5.14. The van der Waals surface area contributed by atoms with Crippen LogP contribution in [0.15, 0.2) is 60.9 Å². The molecule has 0 spiro atoms. The Kier molecular flexibility index (Phi) is 4.60. The van der Waals surface area contributed by atoms with Gasteiger partial charge in [-0.3, -0.25) is 4.79 Å². The molecule has 0 aliphatic heterocycles. The summed E-state index contributed by atoms with van der Waals surface area (Å²) in [6.07, 6.45) is 4.99. The molecular weight excluding hydrogens is 331 g/mol. The summed E-state index contributed by atoms with van der Waals surface area (Å²) in [6, 6.07) is 14.2. The third-order valence-electron chi connectivity index (χ3n) is 3.30. The third-order valence-corrected chi connectivity index (χ3v) is 3.86. The molecule has 3 rings (SSSR count). The summed E-state index contributed by atoms with van der Waals surface area (Å²) in [5.41, 5.74) is 1.72. The molecule has 0 saturated heterocycles. The number of nitrogens with zero attached hydrogens (tertiary/aromatic N) is 1. The molecule has 0 unspecified atom stereocenters. The monoisotopic (exact) mass is 342 g/mol. The molecule has 5 heteroatoms. The molecule has 0 aliphatic carbocycles. The van der Waals surface area contributed by atoms with Crippen molar-refractivity contribution in [2.75, 3.05) is 0 Å². The van der Waals surface area contributed by atoms with Gasteiger partial charge in [-0.05, 0) is 23.8 Å². The standard InChI is InChI=1S/C18H12Cl2N2O/c19-14-7-6-13(16(20)11-14)10-15(18-21-8-9-22-18)17(23)12-4-2-1-3-5-12/h1-11H,(H,21,22). The second-order valence-electron chi connectivity index (χ2n) is 4.86. The highest BCUT2D eigenvalue weighted by atomic mass is 35.5. The summed E-state index contributed by atoms with van der Waals surface area (Å²) in [5, 5.41) is 1.02. The van der Waals surface area contributed by atoms with Crippen molar-refractivity contribution in [3.63, 3.8) is 0 Å². The van der Waals surface area contributed by atoms with Crippen molar-refractivity contribution in [2.45, 2.75) is 0 Å². The van der Waals surface area contributed by atoms with Gasteiger partial charge in [-0.15, -0.1) is 0 Å². The Morgan fingerprint density at radius 2 is 1.87 bits per heavy atom. The van der Waals surface area contributed by atoms with Crippen molar-refractivity contribution in [1.29, 1.82) is 0 Å². The van der Waals surface area contributed by atoms with Crippen LogP contribution in [0.25, 0.3) is 11.6 Å². The number of halogens is 2. The molecule has 3 aromatic rings. The highest BCUT2D eigenvalue weighted by Gasteiger charge is 2.17. The Morgan fingerprint density at radius 3 is 2.52 bits per heavy atom. The summed E-state index contributed by atoms with van der Waals surface area (Å²) >= 11 is 12.1. The van der Waals surface area contributed by atoms with E-state index in [-0.39, 0.29) is 5.78 Å². The van der Waals surface area contributed by atoms with Crippen LogP contribution in [-0.4, -0.2) is 15.8 Å². The fourth-order valence-corrected chi connectivity index (χ4v) is 2.64. The molecule has 0 fully saturated rings. The van der Waals surface area contributed by atoms with Crippen molar-refractivity contribution >= 4 is 40.6 Å². The first-order valence-electron chi connectivity index (χ1n) is 6.91. The fourth-order valence-electron chi connectivity index (χ4n) is 2.17. The number of rotatable bonds is 4. The van der Waals surface area contributed by atoms with Crippen molar-refractivity contribution in [3.8, 4) is 0 Å². The Morgan fingerprint density at radius 1 is 1.09 bits per heavy atom. The van der Waals surface area contributed by atoms with Gasteiger partial charge in [0.2, 0.25) is 0 Å². The SMILES string of the molecule is O=C(C(=Cc1ccc(Cl)cc1Cl)c1ncc[nH]1)c1ccccc1. The van der Waals surface area contributed by atoms with Gasteiger partial charge < -0.3 is 4.98 Å². The zero-order chi connectivity index (χ0) is 16.2. The van der Waals surface area contributed by atoms with E-state index in [1.807, 2.05) is 18.2 Å². The van der Waals surface area contributed by atoms with Gasteiger partial charge in [0.25, 0.3) is 0 Å².